The van der Waals surface area contributed by atoms with Gasteiger partial charge in [0, 0.05) is 24.8 Å². The van der Waals surface area contributed by atoms with Gasteiger partial charge in [-0.3, -0.25) is 0 Å². The average Bonchev–Trinajstić information content (AvgIpc) is 2.52. The van der Waals surface area contributed by atoms with Crippen molar-refractivity contribution in [3.05, 3.63) is 36.0 Å². The smallest absolute Gasteiger partial charge is 0.247 e. The van der Waals surface area contributed by atoms with Gasteiger partial charge in [-0.05, 0) is 31.4 Å². The van der Waals surface area contributed by atoms with Gasteiger partial charge in [0.15, 0.2) is 17.5 Å². The Morgan fingerprint density at radius 2 is 1.86 bits per heavy atom. The van der Waals surface area contributed by atoms with Gasteiger partial charge in [0.25, 0.3) is 0 Å². The lowest BCUT2D eigenvalue weighted by Crippen LogP contribution is -2.31. The fraction of sp³-hybridized carbons (Fsp3) is 0.357. The van der Waals surface area contributed by atoms with E-state index in [0.717, 1.165) is 38.1 Å². The Hall–Kier alpha value is -2.31. The highest BCUT2D eigenvalue weighted by atomic mass is 19.2. The minimum absolute atomic E-state index is 0.416. The van der Waals surface area contributed by atoms with Crippen molar-refractivity contribution in [1.29, 1.82) is 0 Å². The molecular weight excluding hydrogens is 276 g/mol. The molecule has 2 aromatic rings. The number of piperidine rings is 1. The van der Waals surface area contributed by atoms with Crippen molar-refractivity contribution >= 4 is 17.5 Å². The third-order valence-electron chi connectivity index (χ3n) is 3.38. The standard InChI is InChI=1S/C14H15F2N5/c15-11-5-4-10(8-12(11)16)18-13-9-17-20-14(19-13)21-6-2-1-3-7-21/h4-5,8-9H,1-3,6-7H2,(H,18,19,20). The summed E-state index contributed by atoms with van der Waals surface area (Å²) in [5, 5.41) is 10.8. The molecule has 0 radical (unpaired) electrons. The molecular formula is C14H15F2N5. The van der Waals surface area contributed by atoms with Crippen LogP contribution < -0.4 is 10.2 Å². The Morgan fingerprint density at radius 1 is 1.05 bits per heavy atom. The summed E-state index contributed by atoms with van der Waals surface area (Å²) in [7, 11) is 0. The van der Waals surface area contributed by atoms with E-state index in [9.17, 15) is 8.78 Å². The molecule has 1 aromatic carbocycles. The molecule has 1 fully saturated rings. The maximum Gasteiger partial charge on any atom is 0.247 e. The summed E-state index contributed by atoms with van der Waals surface area (Å²) in [6, 6.07) is 3.59. The number of benzene rings is 1. The Morgan fingerprint density at radius 3 is 2.62 bits per heavy atom. The van der Waals surface area contributed by atoms with E-state index in [-0.39, 0.29) is 0 Å². The lowest BCUT2D eigenvalue weighted by Gasteiger charge is -2.26. The number of anilines is 3. The van der Waals surface area contributed by atoms with Crippen LogP contribution in [0, 0.1) is 11.6 Å². The largest absolute Gasteiger partial charge is 0.339 e. The van der Waals surface area contributed by atoms with E-state index in [1.54, 1.807) is 0 Å². The van der Waals surface area contributed by atoms with Gasteiger partial charge in [-0.1, -0.05) is 0 Å². The lowest BCUT2D eigenvalue weighted by molar-refractivity contribution is 0.509. The van der Waals surface area contributed by atoms with Gasteiger partial charge in [-0.2, -0.15) is 10.1 Å². The fourth-order valence-electron chi connectivity index (χ4n) is 2.30. The number of aromatic nitrogens is 3. The molecule has 3 rings (SSSR count). The normalized spacial score (nSPS) is 15.0. The number of hydrogen-bond acceptors (Lipinski definition) is 5. The minimum Gasteiger partial charge on any atom is -0.339 e. The molecule has 5 nitrogen and oxygen atoms in total. The van der Waals surface area contributed by atoms with E-state index < -0.39 is 11.6 Å². The van der Waals surface area contributed by atoms with Gasteiger partial charge < -0.3 is 10.2 Å². The van der Waals surface area contributed by atoms with Gasteiger partial charge in [-0.15, -0.1) is 5.10 Å². The second-order valence-corrected chi connectivity index (χ2v) is 4.94. The lowest BCUT2D eigenvalue weighted by atomic mass is 10.1. The molecule has 0 aliphatic carbocycles. The molecule has 1 aliphatic rings. The zero-order valence-corrected chi connectivity index (χ0v) is 11.4. The van der Waals surface area contributed by atoms with E-state index in [1.807, 2.05) is 0 Å². The van der Waals surface area contributed by atoms with Crippen LogP contribution in [0.4, 0.5) is 26.2 Å². The van der Waals surface area contributed by atoms with Crippen molar-refractivity contribution in [2.75, 3.05) is 23.3 Å². The molecule has 0 atom stereocenters. The summed E-state index contributed by atoms with van der Waals surface area (Å²) in [4.78, 5) is 6.45. The first kappa shape index (κ1) is 13.7. The topological polar surface area (TPSA) is 53.9 Å². The molecule has 21 heavy (non-hydrogen) atoms. The number of halogens is 2. The Balaban J connectivity index is 1.77. The number of rotatable bonds is 3. The first-order valence-electron chi connectivity index (χ1n) is 6.89. The highest BCUT2D eigenvalue weighted by Gasteiger charge is 2.14. The predicted molar refractivity (Wildman–Crippen MR) is 75.5 cm³/mol. The molecule has 2 heterocycles. The molecule has 0 bridgehead atoms. The average molecular weight is 291 g/mol. The van der Waals surface area contributed by atoms with Crippen molar-refractivity contribution in [1.82, 2.24) is 15.2 Å². The first-order valence-corrected chi connectivity index (χ1v) is 6.89. The third-order valence-corrected chi connectivity index (χ3v) is 3.38. The molecule has 1 N–H and O–H groups in total. The first-order chi connectivity index (χ1) is 10.2. The Bertz CT molecular complexity index is 629. The third kappa shape index (κ3) is 3.24. The SMILES string of the molecule is Fc1ccc(Nc2cnnc(N3CCCCC3)n2)cc1F. The van der Waals surface area contributed by atoms with Crippen LogP contribution >= 0.6 is 0 Å². The van der Waals surface area contributed by atoms with E-state index in [2.05, 4.69) is 25.4 Å². The quantitative estimate of drug-likeness (QED) is 0.942. The van der Waals surface area contributed by atoms with Crippen molar-refractivity contribution in [2.24, 2.45) is 0 Å². The predicted octanol–water partition coefficient (Wildman–Crippen LogP) is 2.88. The molecule has 1 aromatic heterocycles. The molecule has 7 heteroatoms. The maximum absolute atomic E-state index is 13.2. The van der Waals surface area contributed by atoms with Crippen molar-refractivity contribution in [3.8, 4) is 0 Å². The van der Waals surface area contributed by atoms with Crippen LogP contribution in [-0.2, 0) is 0 Å². The fourth-order valence-corrected chi connectivity index (χ4v) is 2.30. The molecule has 110 valence electrons. The van der Waals surface area contributed by atoms with Gasteiger partial charge in [0.1, 0.15) is 0 Å². The van der Waals surface area contributed by atoms with E-state index in [1.165, 1.54) is 18.7 Å². The summed E-state index contributed by atoms with van der Waals surface area (Å²) in [5.41, 5.74) is 0.416. The number of nitrogens with zero attached hydrogens (tertiary/aromatic N) is 4. The summed E-state index contributed by atoms with van der Waals surface area (Å²) in [6.45, 7) is 1.83. The molecule has 1 aliphatic heterocycles. The molecule has 0 amide bonds. The maximum atomic E-state index is 13.2. The zero-order chi connectivity index (χ0) is 14.7. The van der Waals surface area contributed by atoms with Gasteiger partial charge in [0.05, 0.1) is 6.20 Å². The van der Waals surface area contributed by atoms with Crippen molar-refractivity contribution < 1.29 is 8.78 Å². The highest BCUT2D eigenvalue weighted by molar-refractivity contribution is 5.56. The summed E-state index contributed by atoms with van der Waals surface area (Å²) in [6.07, 6.45) is 4.90. The second-order valence-electron chi connectivity index (χ2n) is 4.94. The van der Waals surface area contributed by atoms with E-state index >= 15 is 0 Å². The van der Waals surface area contributed by atoms with Crippen molar-refractivity contribution in [3.63, 3.8) is 0 Å². The van der Waals surface area contributed by atoms with Crippen LogP contribution in [0.15, 0.2) is 24.4 Å². The zero-order valence-electron chi connectivity index (χ0n) is 11.4. The molecule has 1 saturated heterocycles. The van der Waals surface area contributed by atoms with Crippen LogP contribution in [0.3, 0.4) is 0 Å². The molecule has 0 spiro atoms. The summed E-state index contributed by atoms with van der Waals surface area (Å²) < 4.78 is 26.1. The van der Waals surface area contributed by atoms with E-state index in [4.69, 9.17) is 0 Å². The van der Waals surface area contributed by atoms with Crippen LogP contribution in [-0.4, -0.2) is 28.3 Å². The van der Waals surface area contributed by atoms with E-state index in [0.29, 0.717) is 17.5 Å². The molecule has 0 saturated carbocycles. The van der Waals surface area contributed by atoms with Gasteiger partial charge in [0.2, 0.25) is 5.95 Å². The number of hydrogen-bond donors (Lipinski definition) is 1. The second kappa shape index (κ2) is 5.99. The summed E-state index contributed by atoms with van der Waals surface area (Å²) in [5.74, 6) is -0.771. The molecule has 0 unspecified atom stereocenters. The van der Waals surface area contributed by atoms with Crippen LogP contribution in [0.25, 0.3) is 0 Å². The van der Waals surface area contributed by atoms with Gasteiger partial charge in [-0.25, -0.2) is 8.78 Å². The van der Waals surface area contributed by atoms with Crippen molar-refractivity contribution in [2.45, 2.75) is 19.3 Å². The Labute approximate surface area is 121 Å². The minimum atomic E-state index is -0.904. The highest BCUT2D eigenvalue weighted by Crippen LogP contribution is 2.19. The van der Waals surface area contributed by atoms with Gasteiger partial charge >= 0.3 is 0 Å². The summed E-state index contributed by atoms with van der Waals surface area (Å²) >= 11 is 0. The van der Waals surface area contributed by atoms with Crippen LogP contribution in [0.1, 0.15) is 19.3 Å². The monoisotopic (exact) mass is 291 g/mol. The Kier molecular flexibility index (Phi) is 3.89. The van der Waals surface area contributed by atoms with Crippen LogP contribution in [0.5, 0.6) is 0 Å². The van der Waals surface area contributed by atoms with Crippen LogP contribution in [0.2, 0.25) is 0 Å². The number of nitrogens with one attached hydrogen (secondary N) is 1.